The monoisotopic (exact) mass is 331 g/mol. The summed E-state index contributed by atoms with van der Waals surface area (Å²) in [6, 6.07) is 4.63. The smallest absolute Gasteiger partial charge is 0.252 e. The number of fused-ring (bicyclic) bond motifs is 1. The van der Waals surface area contributed by atoms with Crippen molar-refractivity contribution in [2.24, 2.45) is 5.92 Å². The number of hydrogen-bond acceptors (Lipinski definition) is 3. The molecule has 1 aliphatic heterocycles. The van der Waals surface area contributed by atoms with Crippen molar-refractivity contribution >= 4 is 10.0 Å². The van der Waals surface area contributed by atoms with Crippen molar-refractivity contribution in [1.82, 2.24) is 4.72 Å². The highest BCUT2D eigenvalue weighted by atomic mass is 32.2. The Morgan fingerprint density at radius 1 is 1.32 bits per heavy atom. The lowest BCUT2D eigenvalue weighted by Gasteiger charge is -2.31. The highest BCUT2D eigenvalue weighted by molar-refractivity contribution is 7.89. The van der Waals surface area contributed by atoms with Crippen LogP contribution in [0.3, 0.4) is 0 Å². The second-order valence-electron chi connectivity index (χ2n) is 5.92. The van der Waals surface area contributed by atoms with E-state index in [2.05, 4.69) is 4.72 Å². The van der Waals surface area contributed by atoms with Gasteiger partial charge in [-0.3, -0.25) is 0 Å². The largest absolute Gasteiger partial charge is 0.493 e. The fourth-order valence-electron chi connectivity index (χ4n) is 3.04. The Kier molecular flexibility index (Phi) is 4.11. The van der Waals surface area contributed by atoms with Crippen LogP contribution in [0, 0.1) is 5.92 Å². The summed E-state index contributed by atoms with van der Waals surface area (Å²) in [6.07, 6.45) is 2.09. The normalized spacial score (nSPS) is 23.8. The summed E-state index contributed by atoms with van der Waals surface area (Å²) in [5.41, 5.74) is 0.839. The van der Waals surface area contributed by atoms with Gasteiger partial charge in [-0.05, 0) is 36.6 Å². The summed E-state index contributed by atoms with van der Waals surface area (Å²) in [6.45, 7) is 0.323. The average molecular weight is 331 g/mol. The van der Waals surface area contributed by atoms with Crippen LogP contribution in [0.4, 0.5) is 8.78 Å². The van der Waals surface area contributed by atoms with Crippen LogP contribution >= 0.6 is 0 Å². The van der Waals surface area contributed by atoms with E-state index in [-0.39, 0.29) is 17.9 Å². The number of halogens is 2. The fourth-order valence-corrected chi connectivity index (χ4v) is 4.17. The van der Waals surface area contributed by atoms with Crippen molar-refractivity contribution < 1.29 is 21.9 Å². The van der Waals surface area contributed by atoms with E-state index in [0.717, 1.165) is 12.0 Å². The third-order valence-corrected chi connectivity index (χ3v) is 5.82. The molecule has 122 valence electrons. The summed E-state index contributed by atoms with van der Waals surface area (Å²) in [5.74, 6) is -3.02. The predicted molar refractivity (Wildman–Crippen MR) is 77.7 cm³/mol. The van der Waals surface area contributed by atoms with Crippen molar-refractivity contribution in [2.45, 2.75) is 42.9 Å². The number of hydrogen-bond donors (Lipinski definition) is 1. The maximum Gasteiger partial charge on any atom is 0.252 e. The van der Waals surface area contributed by atoms with Crippen LogP contribution in [0.1, 0.15) is 31.2 Å². The molecule has 1 fully saturated rings. The Labute approximate surface area is 128 Å². The van der Waals surface area contributed by atoms with Crippen LogP contribution < -0.4 is 9.46 Å². The molecule has 1 saturated carbocycles. The number of nitrogens with one attached hydrogen (secondary N) is 1. The number of sulfonamides is 1. The molecule has 2 aliphatic rings. The first-order valence-corrected chi connectivity index (χ1v) is 9.00. The third-order valence-electron chi connectivity index (χ3n) is 4.40. The summed E-state index contributed by atoms with van der Waals surface area (Å²) in [5, 5.41) is 0. The van der Waals surface area contributed by atoms with Gasteiger partial charge < -0.3 is 4.74 Å². The van der Waals surface area contributed by atoms with Crippen molar-refractivity contribution in [3.63, 3.8) is 0 Å². The van der Waals surface area contributed by atoms with Gasteiger partial charge in [0.1, 0.15) is 5.75 Å². The van der Waals surface area contributed by atoms with Gasteiger partial charge in [-0.2, -0.15) is 0 Å². The fraction of sp³-hybridized carbons (Fsp3) is 0.600. The molecule has 1 aliphatic carbocycles. The van der Waals surface area contributed by atoms with E-state index in [9.17, 15) is 17.2 Å². The van der Waals surface area contributed by atoms with Gasteiger partial charge >= 0.3 is 0 Å². The molecule has 1 atom stereocenters. The zero-order valence-electron chi connectivity index (χ0n) is 12.1. The minimum absolute atomic E-state index is 0.107. The molecule has 0 bridgehead atoms. The molecule has 1 N–H and O–H groups in total. The second-order valence-corrected chi connectivity index (χ2v) is 7.69. The van der Waals surface area contributed by atoms with Crippen molar-refractivity contribution in [3.8, 4) is 5.75 Å². The molecule has 22 heavy (non-hydrogen) atoms. The van der Waals surface area contributed by atoms with Crippen LogP contribution in [0.25, 0.3) is 0 Å². The van der Waals surface area contributed by atoms with Gasteiger partial charge in [0.2, 0.25) is 10.0 Å². The molecular formula is C15H19F2NO3S. The SMILES string of the molecule is O=S(=O)(NCC1CCCCC1(F)F)c1ccc2c(c1)CCO2. The van der Waals surface area contributed by atoms with E-state index in [1.54, 1.807) is 12.1 Å². The maximum atomic E-state index is 13.8. The van der Waals surface area contributed by atoms with Crippen molar-refractivity contribution in [1.29, 1.82) is 0 Å². The molecule has 3 rings (SSSR count). The zero-order chi connectivity index (χ0) is 15.8. The highest BCUT2D eigenvalue weighted by Crippen LogP contribution is 2.38. The lowest BCUT2D eigenvalue weighted by molar-refractivity contribution is -0.0827. The van der Waals surface area contributed by atoms with E-state index in [0.29, 0.717) is 31.6 Å². The summed E-state index contributed by atoms with van der Waals surface area (Å²) >= 11 is 0. The first-order valence-electron chi connectivity index (χ1n) is 7.52. The van der Waals surface area contributed by atoms with Crippen LogP contribution in [0.15, 0.2) is 23.1 Å². The third kappa shape index (κ3) is 3.10. The van der Waals surface area contributed by atoms with Crippen LogP contribution in [0.2, 0.25) is 0 Å². The van der Waals surface area contributed by atoms with E-state index in [1.807, 2.05) is 0 Å². The second kappa shape index (κ2) is 5.77. The minimum atomic E-state index is -3.77. The Morgan fingerprint density at radius 2 is 2.14 bits per heavy atom. The summed E-state index contributed by atoms with van der Waals surface area (Å²) < 4.78 is 59.8. The van der Waals surface area contributed by atoms with Gasteiger partial charge in [0.15, 0.2) is 0 Å². The Morgan fingerprint density at radius 3 is 2.91 bits per heavy atom. The molecule has 7 heteroatoms. The van der Waals surface area contributed by atoms with E-state index in [4.69, 9.17) is 4.74 Å². The minimum Gasteiger partial charge on any atom is -0.493 e. The van der Waals surface area contributed by atoms with Gasteiger partial charge in [-0.25, -0.2) is 21.9 Å². The summed E-state index contributed by atoms with van der Waals surface area (Å²) in [4.78, 5) is 0.107. The zero-order valence-corrected chi connectivity index (χ0v) is 13.0. The standard InChI is InChI=1S/C15H19F2NO3S/c16-15(17)7-2-1-3-12(15)10-18-22(19,20)13-4-5-14-11(9-13)6-8-21-14/h4-5,9,12,18H,1-3,6-8,10H2. The number of benzene rings is 1. The van der Waals surface area contributed by atoms with E-state index < -0.39 is 21.9 Å². The van der Waals surface area contributed by atoms with Crippen LogP contribution in [-0.4, -0.2) is 27.5 Å². The van der Waals surface area contributed by atoms with Gasteiger partial charge in [-0.15, -0.1) is 0 Å². The predicted octanol–water partition coefficient (Wildman–Crippen LogP) is 2.73. The summed E-state index contributed by atoms with van der Waals surface area (Å²) in [7, 11) is -3.77. The molecule has 0 aromatic heterocycles. The first-order chi connectivity index (χ1) is 10.4. The molecule has 0 radical (unpaired) electrons. The Bertz CT molecular complexity index is 661. The number of alkyl halides is 2. The van der Waals surface area contributed by atoms with Gasteiger partial charge in [0.05, 0.1) is 11.5 Å². The van der Waals surface area contributed by atoms with Crippen LogP contribution in [-0.2, 0) is 16.4 Å². The van der Waals surface area contributed by atoms with Crippen molar-refractivity contribution in [2.75, 3.05) is 13.2 Å². The van der Waals surface area contributed by atoms with Gasteiger partial charge in [0.25, 0.3) is 5.92 Å². The van der Waals surface area contributed by atoms with Gasteiger partial charge in [-0.1, -0.05) is 6.42 Å². The molecule has 1 heterocycles. The molecule has 0 amide bonds. The maximum absolute atomic E-state index is 13.8. The molecule has 1 aromatic rings. The number of ether oxygens (including phenoxy) is 1. The number of rotatable bonds is 4. The molecule has 0 spiro atoms. The molecule has 4 nitrogen and oxygen atoms in total. The Hall–Kier alpha value is -1.21. The highest BCUT2D eigenvalue weighted by Gasteiger charge is 2.41. The molecule has 1 aromatic carbocycles. The molecule has 1 unspecified atom stereocenters. The lowest BCUT2D eigenvalue weighted by atomic mass is 9.86. The Balaban J connectivity index is 1.71. The van der Waals surface area contributed by atoms with Crippen molar-refractivity contribution in [3.05, 3.63) is 23.8 Å². The van der Waals surface area contributed by atoms with Gasteiger partial charge in [0, 0.05) is 25.3 Å². The average Bonchev–Trinajstić information content (AvgIpc) is 2.93. The first kappa shape index (κ1) is 15.7. The van der Waals surface area contributed by atoms with Crippen LogP contribution in [0.5, 0.6) is 5.75 Å². The topological polar surface area (TPSA) is 55.4 Å². The quantitative estimate of drug-likeness (QED) is 0.923. The molecular weight excluding hydrogens is 312 g/mol. The molecule has 0 saturated heterocycles. The lowest BCUT2D eigenvalue weighted by Crippen LogP contribution is -2.40. The van der Waals surface area contributed by atoms with E-state index >= 15 is 0 Å². The van der Waals surface area contributed by atoms with E-state index in [1.165, 1.54) is 6.07 Å².